The molecule has 0 atom stereocenters. The molecule has 0 saturated heterocycles. The number of benzene rings is 1. The molecule has 2 aromatic rings. The summed E-state index contributed by atoms with van der Waals surface area (Å²) in [5.41, 5.74) is 6.00. The minimum absolute atomic E-state index is 0.165. The first-order valence-corrected chi connectivity index (χ1v) is 4.74. The normalized spacial score (nSPS) is 10.5. The second kappa shape index (κ2) is 4.14. The van der Waals surface area contributed by atoms with Crippen LogP contribution in [-0.4, -0.2) is 16.6 Å². The van der Waals surface area contributed by atoms with Crippen LogP contribution in [0.4, 0.5) is 0 Å². The second-order valence-corrected chi connectivity index (χ2v) is 3.19. The lowest BCUT2D eigenvalue weighted by molar-refractivity contribution is 0.469. The standard InChI is InChI=1S/C11H12N2O2/c12-6-5-8-7-13-11(15-8)9-3-1-2-4-10(9)14/h1-4,7,14H,5-6,12H2. The Hall–Kier alpha value is -1.81. The summed E-state index contributed by atoms with van der Waals surface area (Å²) in [7, 11) is 0. The minimum atomic E-state index is 0.165. The fourth-order valence-electron chi connectivity index (χ4n) is 1.34. The van der Waals surface area contributed by atoms with Gasteiger partial charge in [0, 0.05) is 6.42 Å². The average molecular weight is 204 g/mol. The maximum absolute atomic E-state index is 9.58. The average Bonchev–Trinajstić information content (AvgIpc) is 2.68. The highest BCUT2D eigenvalue weighted by Gasteiger charge is 2.09. The monoisotopic (exact) mass is 204 g/mol. The molecule has 0 aliphatic heterocycles. The molecule has 1 heterocycles. The molecule has 15 heavy (non-hydrogen) atoms. The molecular weight excluding hydrogens is 192 g/mol. The molecule has 0 spiro atoms. The van der Waals surface area contributed by atoms with Crippen LogP contribution in [0.15, 0.2) is 34.9 Å². The van der Waals surface area contributed by atoms with Gasteiger partial charge < -0.3 is 15.3 Å². The van der Waals surface area contributed by atoms with Crippen LogP contribution in [0, 0.1) is 0 Å². The minimum Gasteiger partial charge on any atom is -0.507 e. The third kappa shape index (κ3) is 1.99. The molecule has 4 nitrogen and oxygen atoms in total. The van der Waals surface area contributed by atoms with Gasteiger partial charge in [-0.2, -0.15) is 0 Å². The van der Waals surface area contributed by atoms with E-state index in [1.807, 2.05) is 6.07 Å². The van der Waals surface area contributed by atoms with Gasteiger partial charge in [-0.3, -0.25) is 0 Å². The Morgan fingerprint density at radius 3 is 2.87 bits per heavy atom. The Balaban J connectivity index is 2.33. The molecule has 0 unspecified atom stereocenters. The fraction of sp³-hybridized carbons (Fsp3) is 0.182. The van der Waals surface area contributed by atoms with Crippen LogP contribution < -0.4 is 5.73 Å². The zero-order valence-corrected chi connectivity index (χ0v) is 8.18. The molecule has 0 amide bonds. The van der Waals surface area contributed by atoms with E-state index in [0.717, 1.165) is 5.76 Å². The summed E-state index contributed by atoms with van der Waals surface area (Å²) >= 11 is 0. The number of hydrogen-bond donors (Lipinski definition) is 2. The second-order valence-electron chi connectivity index (χ2n) is 3.19. The van der Waals surface area contributed by atoms with Gasteiger partial charge in [-0.1, -0.05) is 12.1 Å². The van der Waals surface area contributed by atoms with E-state index >= 15 is 0 Å². The van der Waals surface area contributed by atoms with Crippen LogP contribution in [0.1, 0.15) is 5.76 Å². The molecule has 1 aromatic heterocycles. The van der Waals surface area contributed by atoms with Crippen molar-refractivity contribution in [2.75, 3.05) is 6.54 Å². The summed E-state index contributed by atoms with van der Waals surface area (Å²) in [5.74, 6) is 1.32. The van der Waals surface area contributed by atoms with E-state index in [0.29, 0.717) is 24.4 Å². The van der Waals surface area contributed by atoms with E-state index in [4.69, 9.17) is 10.2 Å². The van der Waals surface area contributed by atoms with E-state index in [1.165, 1.54) is 0 Å². The maximum atomic E-state index is 9.58. The SMILES string of the molecule is NCCc1cnc(-c2ccccc2O)o1. The zero-order chi connectivity index (χ0) is 10.7. The van der Waals surface area contributed by atoms with Crippen LogP contribution >= 0.6 is 0 Å². The van der Waals surface area contributed by atoms with E-state index in [1.54, 1.807) is 24.4 Å². The van der Waals surface area contributed by atoms with Crippen LogP contribution in [0.5, 0.6) is 5.75 Å². The smallest absolute Gasteiger partial charge is 0.229 e. The summed E-state index contributed by atoms with van der Waals surface area (Å²) in [5, 5.41) is 9.58. The molecule has 4 heteroatoms. The molecule has 0 saturated carbocycles. The Morgan fingerprint density at radius 2 is 2.13 bits per heavy atom. The van der Waals surface area contributed by atoms with E-state index in [2.05, 4.69) is 4.98 Å². The zero-order valence-electron chi connectivity index (χ0n) is 8.18. The molecule has 0 fully saturated rings. The van der Waals surface area contributed by atoms with Crippen molar-refractivity contribution in [1.82, 2.24) is 4.98 Å². The lowest BCUT2D eigenvalue weighted by atomic mass is 10.2. The first-order valence-electron chi connectivity index (χ1n) is 4.74. The number of rotatable bonds is 3. The molecule has 78 valence electrons. The summed E-state index contributed by atoms with van der Waals surface area (Å²) in [6.07, 6.45) is 2.29. The van der Waals surface area contributed by atoms with Crippen molar-refractivity contribution in [2.45, 2.75) is 6.42 Å². The highest BCUT2D eigenvalue weighted by molar-refractivity contribution is 5.61. The van der Waals surface area contributed by atoms with E-state index in [9.17, 15) is 5.11 Å². The summed E-state index contributed by atoms with van der Waals surface area (Å²) in [6, 6.07) is 6.93. The first kappa shape index (κ1) is 9.73. The van der Waals surface area contributed by atoms with Crippen molar-refractivity contribution in [2.24, 2.45) is 5.73 Å². The van der Waals surface area contributed by atoms with Crippen LogP contribution in [0.3, 0.4) is 0 Å². The van der Waals surface area contributed by atoms with Gasteiger partial charge in [0.2, 0.25) is 5.89 Å². The Kier molecular flexibility index (Phi) is 2.69. The van der Waals surface area contributed by atoms with Gasteiger partial charge in [-0.25, -0.2) is 4.98 Å². The molecular formula is C11H12N2O2. The number of oxazole rings is 1. The number of phenols is 1. The summed E-state index contributed by atoms with van der Waals surface area (Å²) < 4.78 is 5.44. The van der Waals surface area contributed by atoms with Gasteiger partial charge in [0.05, 0.1) is 11.8 Å². The molecule has 0 aliphatic carbocycles. The summed E-state index contributed by atoms with van der Waals surface area (Å²) in [6.45, 7) is 0.523. The summed E-state index contributed by atoms with van der Waals surface area (Å²) in [4.78, 5) is 4.08. The maximum Gasteiger partial charge on any atom is 0.229 e. The Bertz CT molecular complexity index is 451. The molecule has 0 bridgehead atoms. The van der Waals surface area contributed by atoms with Crippen LogP contribution in [0.25, 0.3) is 11.5 Å². The van der Waals surface area contributed by atoms with Crippen molar-refractivity contribution in [3.8, 4) is 17.2 Å². The topological polar surface area (TPSA) is 72.3 Å². The van der Waals surface area contributed by atoms with Gasteiger partial charge in [0.15, 0.2) is 0 Å². The highest BCUT2D eigenvalue weighted by Crippen LogP contribution is 2.27. The number of hydrogen-bond acceptors (Lipinski definition) is 4. The van der Waals surface area contributed by atoms with E-state index < -0.39 is 0 Å². The number of aromatic hydroxyl groups is 1. The number of para-hydroxylation sites is 1. The van der Waals surface area contributed by atoms with Crippen molar-refractivity contribution in [3.05, 3.63) is 36.2 Å². The van der Waals surface area contributed by atoms with Gasteiger partial charge in [-0.15, -0.1) is 0 Å². The molecule has 0 radical (unpaired) electrons. The number of aromatic nitrogens is 1. The van der Waals surface area contributed by atoms with Crippen molar-refractivity contribution in [1.29, 1.82) is 0 Å². The fourth-order valence-corrected chi connectivity index (χ4v) is 1.34. The number of nitrogens with zero attached hydrogens (tertiary/aromatic N) is 1. The molecule has 0 aliphatic rings. The van der Waals surface area contributed by atoms with Gasteiger partial charge in [0.1, 0.15) is 11.5 Å². The predicted octanol–water partition coefficient (Wildman–Crippen LogP) is 1.55. The molecule has 3 N–H and O–H groups in total. The number of nitrogens with two attached hydrogens (primary N) is 1. The van der Waals surface area contributed by atoms with Crippen molar-refractivity contribution in [3.63, 3.8) is 0 Å². The Morgan fingerprint density at radius 1 is 1.33 bits per heavy atom. The molecule has 2 rings (SSSR count). The highest BCUT2D eigenvalue weighted by atomic mass is 16.4. The lowest BCUT2D eigenvalue weighted by Gasteiger charge is -1.98. The van der Waals surface area contributed by atoms with E-state index in [-0.39, 0.29) is 5.75 Å². The van der Waals surface area contributed by atoms with Crippen LogP contribution in [0.2, 0.25) is 0 Å². The third-order valence-corrected chi connectivity index (χ3v) is 2.08. The lowest BCUT2D eigenvalue weighted by Crippen LogP contribution is -2.01. The third-order valence-electron chi connectivity index (χ3n) is 2.08. The van der Waals surface area contributed by atoms with Gasteiger partial charge >= 0.3 is 0 Å². The van der Waals surface area contributed by atoms with Gasteiger partial charge in [-0.05, 0) is 18.7 Å². The first-order chi connectivity index (χ1) is 7.31. The van der Waals surface area contributed by atoms with Crippen molar-refractivity contribution >= 4 is 0 Å². The van der Waals surface area contributed by atoms with Crippen LogP contribution in [-0.2, 0) is 6.42 Å². The largest absolute Gasteiger partial charge is 0.507 e. The van der Waals surface area contributed by atoms with Crippen molar-refractivity contribution < 1.29 is 9.52 Å². The number of phenolic OH excluding ortho intramolecular Hbond substituents is 1. The Labute approximate surface area is 87.4 Å². The van der Waals surface area contributed by atoms with Gasteiger partial charge in [0.25, 0.3) is 0 Å². The quantitative estimate of drug-likeness (QED) is 0.795. The predicted molar refractivity (Wildman–Crippen MR) is 56.4 cm³/mol. The molecule has 1 aromatic carbocycles.